The van der Waals surface area contributed by atoms with Gasteiger partial charge in [0.05, 0.1) is 122 Å². The van der Waals surface area contributed by atoms with Crippen LogP contribution in [0.4, 0.5) is 11.4 Å². The Bertz CT molecular complexity index is 2650. The summed E-state index contributed by atoms with van der Waals surface area (Å²) in [6, 6.07) is 7.56. The van der Waals surface area contributed by atoms with Gasteiger partial charge in [0.2, 0.25) is 23.6 Å². The van der Waals surface area contributed by atoms with Crippen molar-refractivity contribution in [2.45, 2.75) is 83.8 Å². The number of anilines is 1. The van der Waals surface area contributed by atoms with Gasteiger partial charge < -0.3 is 59.7 Å². The molecule has 6 rings (SSSR count). The van der Waals surface area contributed by atoms with E-state index in [1.54, 1.807) is 29.0 Å². The number of aliphatic hydroxyl groups is 1. The summed E-state index contributed by atoms with van der Waals surface area (Å²) in [7, 11) is 0. The first-order valence-electron chi connectivity index (χ1n) is 25.9. The standard InChI is InChI=1S/C52H71Br2N9O13/c1-3-13-60(16-17-64)48(67)37-30-36-5-6-39(33-42(36)59-43(55)32-37)52(10-11-52)51(70)58-40-31-38-35-61(14-7-41(38)57-34-40)45(66)9-18-71-20-22-73-24-26-75-28-29-76-27-25-74-23-21-72-19-12-56-44(65)8-15-63-50(69)47(54)46(53)49(68)62(63)4-2/h5-6,30-31,33-34,64H,3-4,7-29,32,35H2,1-2H3,(H2,55,59)(H,56,65)(H,58,70). The number of carbonyl (C=O) groups excluding carboxylic acids is 4. The van der Waals surface area contributed by atoms with Crippen molar-refractivity contribution in [2.24, 2.45) is 10.7 Å². The third-order valence-electron chi connectivity index (χ3n) is 12.9. The Balaban J connectivity index is 0.765. The Morgan fingerprint density at radius 1 is 0.816 bits per heavy atom. The first-order valence-corrected chi connectivity index (χ1v) is 27.5. The largest absolute Gasteiger partial charge is 0.395 e. The first-order chi connectivity index (χ1) is 36.8. The van der Waals surface area contributed by atoms with Crippen molar-refractivity contribution in [2.75, 3.05) is 117 Å². The highest BCUT2D eigenvalue weighted by molar-refractivity contribution is 9.13. The molecule has 1 saturated carbocycles. The normalized spacial score (nSPS) is 14.5. The summed E-state index contributed by atoms with van der Waals surface area (Å²) in [6.45, 7) is 10.3. The van der Waals surface area contributed by atoms with Crippen molar-refractivity contribution in [1.82, 2.24) is 29.5 Å². The monoisotopic (exact) mass is 1190 g/mol. The third-order valence-corrected chi connectivity index (χ3v) is 14.9. The average molecular weight is 1190 g/mol. The van der Waals surface area contributed by atoms with E-state index in [1.807, 2.05) is 31.2 Å². The number of amidine groups is 1. The van der Waals surface area contributed by atoms with E-state index in [4.69, 9.17) is 34.2 Å². The molecular formula is C52H71Br2N9O13. The summed E-state index contributed by atoms with van der Waals surface area (Å²) in [4.78, 5) is 90.3. The molecule has 1 aromatic carbocycles. The van der Waals surface area contributed by atoms with E-state index < -0.39 is 11.0 Å². The highest BCUT2D eigenvalue weighted by atomic mass is 79.9. The Morgan fingerprint density at radius 2 is 1.43 bits per heavy atom. The maximum absolute atomic E-state index is 13.9. The number of benzene rings is 1. The maximum atomic E-state index is 13.9. The summed E-state index contributed by atoms with van der Waals surface area (Å²) in [5, 5.41) is 15.3. The molecule has 2 aliphatic heterocycles. The summed E-state index contributed by atoms with van der Waals surface area (Å²) in [5.41, 5.74) is 9.78. The lowest BCUT2D eigenvalue weighted by Gasteiger charge is -2.29. The van der Waals surface area contributed by atoms with E-state index in [2.05, 4.69) is 52.5 Å². The van der Waals surface area contributed by atoms with Crippen LogP contribution in [0.1, 0.15) is 74.8 Å². The topological polar surface area (TPSA) is 270 Å². The number of aliphatic hydroxyl groups excluding tert-OH is 1. The molecule has 4 heterocycles. The second-order valence-corrected chi connectivity index (χ2v) is 19.9. The van der Waals surface area contributed by atoms with Crippen LogP contribution in [0.15, 0.2) is 59.6 Å². The van der Waals surface area contributed by atoms with Gasteiger partial charge in [-0.05, 0) is 87.4 Å². The maximum Gasteiger partial charge on any atom is 0.280 e. The lowest BCUT2D eigenvalue weighted by atomic mass is 9.92. The number of amides is 4. The van der Waals surface area contributed by atoms with Gasteiger partial charge in [-0.3, -0.25) is 33.8 Å². The van der Waals surface area contributed by atoms with Gasteiger partial charge in [0.15, 0.2) is 0 Å². The van der Waals surface area contributed by atoms with Gasteiger partial charge in [-0.1, -0.05) is 19.1 Å². The molecule has 1 fully saturated rings. The van der Waals surface area contributed by atoms with Gasteiger partial charge in [-0.15, -0.1) is 0 Å². The lowest BCUT2D eigenvalue weighted by molar-refractivity contribution is -0.133. The molecule has 76 heavy (non-hydrogen) atoms. The molecular weight excluding hydrogens is 1120 g/mol. The van der Waals surface area contributed by atoms with Crippen molar-refractivity contribution in [3.05, 3.63) is 88.1 Å². The zero-order valence-electron chi connectivity index (χ0n) is 43.4. The SMILES string of the molecule is CCCN(CCO)C(=O)C1=Cc2ccc(C3(C(=O)Nc4cnc5c(c4)CN(C(=O)CCOCCOCCOCCOCCOCCOCCNC(=O)CCn4c(=O)c(Br)c(Br)c(=O)n4CC)CC5)CC3)cc2N=C(N)C1. The predicted molar refractivity (Wildman–Crippen MR) is 290 cm³/mol. The van der Waals surface area contributed by atoms with Crippen molar-refractivity contribution in [3.63, 3.8) is 0 Å². The van der Waals surface area contributed by atoms with E-state index in [-0.39, 0.29) is 90.2 Å². The number of ether oxygens (including phenoxy) is 6. The Hall–Kier alpha value is -5.18. The highest BCUT2D eigenvalue weighted by Crippen LogP contribution is 2.50. The molecule has 5 N–H and O–H groups in total. The second-order valence-electron chi connectivity index (χ2n) is 18.3. The molecule has 0 bridgehead atoms. The number of hydrogen-bond donors (Lipinski definition) is 4. The number of aliphatic imine (C=N–C) groups is 1. The quantitative estimate of drug-likeness (QED) is 0.0638. The Labute approximate surface area is 458 Å². The van der Waals surface area contributed by atoms with E-state index in [0.717, 1.165) is 28.8 Å². The number of halogens is 2. The van der Waals surface area contributed by atoms with Gasteiger partial charge in [0.25, 0.3) is 11.1 Å². The van der Waals surface area contributed by atoms with Crippen LogP contribution in [0, 0.1) is 0 Å². The molecule has 2 aromatic heterocycles. The molecule has 0 saturated heterocycles. The molecule has 416 valence electrons. The van der Waals surface area contributed by atoms with Crippen LogP contribution in [-0.2, 0) is 79.1 Å². The van der Waals surface area contributed by atoms with Crippen LogP contribution >= 0.6 is 31.9 Å². The van der Waals surface area contributed by atoms with E-state index >= 15 is 0 Å². The van der Waals surface area contributed by atoms with Crippen molar-refractivity contribution in [1.29, 1.82) is 0 Å². The van der Waals surface area contributed by atoms with Gasteiger partial charge in [-0.25, -0.2) is 14.4 Å². The number of nitrogens with two attached hydrogens (primary N) is 1. The predicted octanol–water partition coefficient (Wildman–Crippen LogP) is 3.21. The number of pyridine rings is 1. The molecule has 1 aliphatic carbocycles. The van der Waals surface area contributed by atoms with Crippen LogP contribution < -0.4 is 27.5 Å². The molecule has 0 spiro atoms. The number of nitrogens with zero attached hydrogens (tertiary/aromatic N) is 6. The molecule has 0 unspecified atom stereocenters. The van der Waals surface area contributed by atoms with Crippen LogP contribution in [0.2, 0.25) is 0 Å². The summed E-state index contributed by atoms with van der Waals surface area (Å²) in [5.74, 6) is -0.331. The van der Waals surface area contributed by atoms with E-state index in [1.165, 1.54) is 9.36 Å². The second kappa shape index (κ2) is 30.7. The van der Waals surface area contributed by atoms with Crippen LogP contribution in [0.25, 0.3) is 6.08 Å². The van der Waals surface area contributed by atoms with Crippen LogP contribution in [0.5, 0.6) is 0 Å². The number of aromatic nitrogens is 3. The number of hydrogen-bond acceptors (Lipinski definition) is 16. The Kier molecular flexibility index (Phi) is 24.2. The molecule has 0 atom stereocenters. The minimum absolute atomic E-state index is 0.0286. The van der Waals surface area contributed by atoms with Crippen molar-refractivity contribution < 1.29 is 52.7 Å². The average Bonchev–Trinajstić information content (AvgIpc) is 4.26. The van der Waals surface area contributed by atoms with E-state index in [9.17, 15) is 33.9 Å². The molecule has 22 nitrogen and oxygen atoms in total. The molecule has 3 aliphatic rings. The summed E-state index contributed by atoms with van der Waals surface area (Å²) >= 11 is 6.26. The van der Waals surface area contributed by atoms with Crippen molar-refractivity contribution >= 4 is 78.8 Å². The fourth-order valence-corrected chi connectivity index (χ4v) is 9.46. The number of carbonyl (C=O) groups is 4. The fourth-order valence-electron chi connectivity index (χ4n) is 8.71. The molecule has 0 radical (unpaired) electrons. The van der Waals surface area contributed by atoms with Gasteiger partial charge >= 0.3 is 0 Å². The molecule has 4 amide bonds. The summed E-state index contributed by atoms with van der Waals surface area (Å²) in [6.07, 6.45) is 6.58. The zero-order valence-corrected chi connectivity index (χ0v) is 46.6. The van der Waals surface area contributed by atoms with Gasteiger partial charge in [0.1, 0.15) is 14.8 Å². The zero-order chi connectivity index (χ0) is 54.5. The third kappa shape index (κ3) is 17.2. The Morgan fingerprint density at radius 3 is 2.04 bits per heavy atom. The first kappa shape index (κ1) is 60.1. The molecule has 24 heteroatoms. The van der Waals surface area contributed by atoms with Gasteiger partial charge in [-0.2, -0.15) is 0 Å². The van der Waals surface area contributed by atoms with Crippen LogP contribution in [0.3, 0.4) is 0 Å². The van der Waals surface area contributed by atoms with Gasteiger partial charge in [0, 0.05) is 75.4 Å². The smallest absolute Gasteiger partial charge is 0.280 e. The summed E-state index contributed by atoms with van der Waals surface area (Å²) < 4.78 is 36.1. The molecule has 3 aromatic rings. The minimum Gasteiger partial charge on any atom is -0.395 e. The lowest BCUT2D eigenvalue weighted by Crippen LogP contribution is -2.40. The number of nitrogens with one attached hydrogen (secondary N) is 2. The van der Waals surface area contributed by atoms with Crippen molar-refractivity contribution in [3.8, 4) is 0 Å². The fraction of sp³-hybridized carbons (Fsp3) is 0.577. The number of rotatable bonds is 33. The van der Waals surface area contributed by atoms with E-state index in [0.29, 0.717) is 141 Å². The highest BCUT2D eigenvalue weighted by Gasteiger charge is 2.51. The van der Waals surface area contributed by atoms with Crippen LogP contribution in [-0.4, -0.2) is 171 Å². The number of fused-ring (bicyclic) bond motifs is 2. The minimum atomic E-state index is -0.744.